The highest BCUT2D eigenvalue weighted by Crippen LogP contribution is 2.30. The van der Waals surface area contributed by atoms with E-state index in [1.807, 2.05) is 0 Å². The number of morpholine rings is 1. The molecule has 1 aliphatic heterocycles. The SMILES string of the molecule is COc1ccc([N+](=O)[O-])cc1NC(=O)c1cc(S(=O)(=O)N2CCOCC2)ccc1Cl. The molecule has 1 amide bonds. The van der Waals surface area contributed by atoms with E-state index in [4.69, 9.17) is 21.1 Å². The number of nitrogens with one attached hydrogen (secondary N) is 1. The number of nitro groups is 1. The third-order valence-corrected chi connectivity index (χ3v) is 6.66. The zero-order valence-electron chi connectivity index (χ0n) is 15.8. The van der Waals surface area contributed by atoms with Gasteiger partial charge in [0, 0.05) is 25.2 Å². The maximum Gasteiger partial charge on any atom is 0.271 e. The molecule has 160 valence electrons. The summed E-state index contributed by atoms with van der Waals surface area (Å²) < 4.78 is 37.3. The number of rotatable bonds is 6. The first-order valence-corrected chi connectivity index (χ1v) is 10.6. The number of nitrogens with zero attached hydrogens (tertiary/aromatic N) is 2. The van der Waals surface area contributed by atoms with Crippen molar-refractivity contribution in [2.24, 2.45) is 0 Å². The number of sulfonamides is 1. The number of ether oxygens (including phenoxy) is 2. The van der Waals surface area contributed by atoms with Crippen LogP contribution >= 0.6 is 11.6 Å². The third-order valence-electron chi connectivity index (χ3n) is 4.43. The maximum absolute atomic E-state index is 12.9. The first-order valence-electron chi connectivity index (χ1n) is 8.75. The van der Waals surface area contributed by atoms with Gasteiger partial charge in [0.2, 0.25) is 10.0 Å². The second-order valence-corrected chi connectivity index (χ2v) is 8.60. The topological polar surface area (TPSA) is 128 Å². The Balaban J connectivity index is 1.93. The van der Waals surface area contributed by atoms with Crippen molar-refractivity contribution >= 4 is 38.9 Å². The van der Waals surface area contributed by atoms with E-state index in [1.54, 1.807) is 0 Å². The summed E-state index contributed by atoms with van der Waals surface area (Å²) in [6.07, 6.45) is 0. The highest BCUT2D eigenvalue weighted by Gasteiger charge is 2.28. The van der Waals surface area contributed by atoms with Crippen LogP contribution in [0.15, 0.2) is 41.3 Å². The number of methoxy groups -OCH3 is 1. The number of hydrogen-bond acceptors (Lipinski definition) is 7. The number of anilines is 1. The molecule has 0 radical (unpaired) electrons. The number of amides is 1. The summed E-state index contributed by atoms with van der Waals surface area (Å²) in [5.41, 5.74) is -0.297. The average molecular weight is 456 g/mol. The lowest BCUT2D eigenvalue weighted by atomic mass is 10.2. The van der Waals surface area contributed by atoms with Gasteiger partial charge in [-0.2, -0.15) is 4.31 Å². The van der Waals surface area contributed by atoms with Crippen LogP contribution in [-0.4, -0.2) is 57.0 Å². The van der Waals surface area contributed by atoms with Crippen molar-refractivity contribution in [2.75, 3.05) is 38.7 Å². The van der Waals surface area contributed by atoms with Crippen molar-refractivity contribution < 1.29 is 27.6 Å². The van der Waals surface area contributed by atoms with E-state index in [0.29, 0.717) is 0 Å². The summed E-state index contributed by atoms with van der Waals surface area (Å²) in [6, 6.07) is 7.52. The van der Waals surface area contributed by atoms with Crippen LogP contribution in [0.2, 0.25) is 5.02 Å². The highest BCUT2D eigenvalue weighted by molar-refractivity contribution is 7.89. The molecule has 30 heavy (non-hydrogen) atoms. The van der Waals surface area contributed by atoms with Crippen LogP contribution in [0.5, 0.6) is 5.75 Å². The standard InChI is InChI=1S/C18H18ClN3O7S/c1-28-17-5-2-12(22(24)25)10-16(17)20-18(23)14-11-13(3-4-15(14)19)30(26,27)21-6-8-29-9-7-21/h2-5,10-11H,6-9H2,1H3,(H,20,23). The molecule has 0 aromatic heterocycles. The summed E-state index contributed by atoms with van der Waals surface area (Å²) in [5, 5.41) is 13.5. The summed E-state index contributed by atoms with van der Waals surface area (Å²) >= 11 is 6.12. The predicted octanol–water partition coefficient (Wildman–Crippen LogP) is 2.53. The van der Waals surface area contributed by atoms with Crippen LogP contribution in [0, 0.1) is 10.1 Å². The number of halogens is 1. The molecule has 2 aromatic carbocycles. The predicted molar refractivity (Wildman–Crippen MR) is 109 cm³/mol. The van der Waals surface area contributed by atoms with Crippen molar-refractivity contribution in [1.82, 2.24) is 4.31 Å². The van der Waals surface area contributed by atoms with Crippen LogP contribution in [-0.2, 0) is 14.8 Å². The minimum atomic E-state index is -3.84. The molecule has 1 aliphatic rings. The molecule has 1 heterocycles. The zero-order valence-corrected chi connectivity index (χ0v) is 17.4. The average Bonchev–Trinajstić information content (AvgIpc) is 2.74. The number of nitro benzene ring substituents is 1. The molecular formula is C18H18ClN3O7S. The van der Waals surface area contributed by atoms with Gasteiger partial charge < -0.3 is 14.8 Å². The zero-order chi connectivity index (χ0) is 21.9. The summed E-state index contributed by atoms with van der Waals surface area (Å²) in [7, 11) is -2.49. The van der Waals surface area contributed by atoms with Crippen molar-refractivity contribution in [3.8, 4) is 5.75 Å². The molecule has 12 heteroatoms. The quantitative estimate of drug-likeness (QED) is 0.523. The molecule has 0 atom stereocenters. The number of hydrogen-bond donors (Lipinski definition) is 1. The Morgan fingerprint density at radius 2 is 1.93 bits per heavy atom. The van der Waals surface area contributed by atoms with E-state index in [1.165, 1.54) is 41.7 Å². The van der Waals surface area contributed by atoms with E-state index in [2.05, 4.69) is 5.32 Å². The summed E-state index contributed by atoms with van der Waals surface area (Å²) in [4.78, 5) is 23.1. The number of carbonyl (C=O) groups excluding carboxylic acids is 1. The Labute approximate surface area is 177 Å². The molecule has 0 saturated carbocycles. The minimum absolute atomic E-state index is 0.0258. The van der Waals surface area contributed by atoms with Gasteiger partial charge in [0.15, 0.2) is 0 Å². The molecule has 0 bridgehead atoms. The van der Waals surface area contributed by atoms with Crippen molar-refractivity contribution in [1.29, 1.82) is 0 Å². The lowest BCUT2D eigenvalue weighted by molar-refractivity contribution is -0.384. The van der Waals surface area contributed by atoms with Crippen LogP contribution < -0.4 is 10.1 Å². The van der Waals surface area contributed by atoms with Crippen LogP contribution in [0.3, 0.4) is 0 Å². The van der Waals surface area contributed by atoms with Gasteiger partial charge in [-0.3, -0.25) is 14.9 Å². The van der Waals surface area contributed by atoms with E-state index in [0.717, 1.165) is 6.07 Å². The molecule has 0 aliphatic carbocycles. The van der Waals surface area contributed by atoms with Gasteiger partial charge in [-0.1, -0.05) is 11.6 Å². The molecule has 2 aromatic rings. The first kappa shape index (κ1) is 22.0. The van der Waals surface area contributed by atoms with E-state index < -0.39 is 20.9 Å². The normalized spacial score (nSPS) is 14.9. The Morgan fingerprint density at radius 3 is 2.57 bits per heavy atom. The molecule has 1 fully saturated rings. The van der Waals surface area contributed by atoms with Gasteiger partial charge in [-0.25, -0.2) is 8.42 Å². The first-order chi connectivity index (χ1) is 14.2. The van der Waals surface area contributed by atoms with Crippen molar-refractivity contribution in [3.63, 3.8) is 0 Å². The van der Waals surface area contributed by atoms with E-state index in [-0.39, 0.29) is 58.9 Å². The lowest BCUT2D eigenvalue weighted by Gasteiger charge is -2.26. The molecule has 0 unspecified atom stereocenters. The Hall–Kier alpha value is -2.73. The van der Waals surface area contributed by atoms with Gasteiger partial charge in [0.05, 0.1) is 46.4 Å². The Kier molecular flexibility index (Phi) is 6.56. The van der Waals surface area contributed by atoms with Crippen molar-refractivity contribution in [3.05, 3.63) is 57.1 Å². The third kappa shape index (κ3) is 4.54. The van der Waals surface area contributed by atoms with Crippen LogP contribution in [0.1, 0.15) is 10.4 Å². The molecule has 1 N–H and O–H groups in total. The highest BCUT2D eigenvalue weighted by atomic mass is 35.5. The second-order valence-electron chi connectivity index (χ2n) is 6.25. The lowest BCUT2D eigenvalue weighted by Crippen LogP contribution is -2.40. The molecule has 0 spiro atoms. The van der Waals surface area contributed by atoms with Gasteiger partial charge in [-0.15, -0.1) is 0 Å². The van der Waals surface area contributed by atoms with Gasteiger partial charge in [0.1, 0.15) is 5.75 Å². The number of benzene rings is 2. The minimum Gasteiger partial charge on any atom is -0.495 e. The molecule has 1 saturated heterocycles. The van der Waals surface area contributed by atoms with Crippen LogP contribution in [0.25, 0.3) is 0 Å². The van der Waals surface area contributed by atoms with Gasteiger partial charge in [0.25, 0.3) is 11.6 Å². The monoisotopic (exact) mass is 455 g/mol. The fourth-order valence-corrected chi connectivity index (χ4v) is 4.51. The number of non-ortho nitro benzene ring substituents is 1. The second kappa shape index (κ2) is 8.96. The van der Waals surface area contributed by atoms with Gasteiger partial charge >= 0.3 is 0 Å². The molecule has 10 nitrogen and oxygen atoms in total. The largest absolute Gasteiger partial charge is 0.495 e. The van der Waals surface area contributed by atoms with Crippen LogP contribution in [0.4, 0.5) is 11.4 Å². The van der Waals surface area contributed by atoms with E-state index in [9.17, 15) is 23.3 Å². The maximum atomic E-state index is 12.9. The Morgan fingerprint density at radius 1 is 1.23 bits per heavy atom. The molecular weight excluding hydrogens is 438 g/mol. The summed E-state index contributed by atoms with van der Waals surface area (Å²) in [5.74, 6) is -0.542. The fourth-order valence-electron chi connectivity index (χ4n) is 2.87. The molecule has 3 rings (SSSR count). The Bertz CT molecular complexity index is 1090. The summed E-state index contributed by atoms with van der Waals surface area (Å²) in [6.45, 7) is 0.980. The van der Waals surface area contributed by atoms with E-state index >= 15 is 0 Å². The van der Waals surface area contributed by atoms with Gasteiger partial charge in [-0.05, 0) is 24.3 Å². The number of carbonyl (C=O) groups is 1. The van der Waals surface area contributed by atoms with Crippen molar-refractivity contribution in [2.45, 2.75) is 4.90 Å². The fraction of sp³-hybridized carbons (Fsp3) is 0.278. The smallest absolute Gasteiger partial charge is 0.271 e.